The van der Waals surface area contributed by atoms with Crippen LogP contribution in [0, 0.1) is 0 Å². The summed E-state index contributed by atoms with van der Waals surface area (Å²) in [4.78, 5) is 16.5. The van der Waals surface area contributed by atoms with Crippen LogP contribution < -0.4 is 4.90 Å². The van der Waals surface area contributed by atoms with E-state index in [-0.39, 0.29) is 32.2 Å². The lowest BCUT2D eigenvalue weighted by Crippen LogP contribution is -2.46. The molecule has 2 heterocycles. The van der Waals surface area contributed by atoms with Crippen LogP contribution in [0.25, 0.3) is 0 Å². The first kappa shape index (κ1) is 16.4. The molecule has 1 aromatic heterocycles. The Hall–Kier alpha value is -2.00. The van der Waals surface area contributed by atoms with E-state index in [1.165, 1.54) is 9.80 Å². The molecule has 0 aliphatic carbocycles. The van der Waals surface area contributed by atoms with Gasteiger partial charge in [0.15, 0.2) is 0 Å². The molecule has 1 aliphatic heterocycles. The number of anilines is 1. The smallest absolute Gasteiger partial charge is 0.353 e. The summed E-state index contributed by atoms with van der Waals surface area (Å²) >= 11 is 0. The molecule has 0 N–H and O–H groups in total. The number of carbonyl (C=O) groups is 1. The number of rotatable bonds is 2. The molecular weight excluding hydrogens is 316 g/mol. The summed E-state index contributed by atoms with van der Waals surface area (Å²) in [5, 5.41) is 0. The molecule has 1 fully saturated rings. The van der Waals surface area contributed by atoms with Crippen LogP contribution in [0.1, 0.15) is 11.1 Å². The molecule has 1 aromatic rings. The highest BCUT2D eigenvalue weighted by molar-refractivity contribution is 5.53. The van der Waals surface area contributed by atoms with E-state index in [9.17, 15) is 31.1 Å². The second-order valence-corrected chi connectivity index (χ2v) is 4.72. The van der Waals surface area contributed by atoms with Gasteiger partial charge in [-0.05, 0) is 6.07 Å². The van der Waals surface area contributed by atoms with Crippen molar-refractivity contribution in [2.45, 2.75) is 12.4 Å². The SMILES string of the molecule is O=CN1CCN(c2ncc(C(F)(F)F)cc2C(F)(F)F)CC1. The van der Waals surface area contributed by atoms with Crippen molar-refractivity contribution in [3.05, 3.63) is 23.4 Å². The number of aromatic nitrogens is 1. The molecule has 0 spiro atoms. The number of hydrogen-bond acceptors (Lipinski definition) is 3. The van der Waals surface area contributed by atoms with Gasteiger partial charge in [-0.15, -0.1) is 0 Å². The highest BCUT2D eigenvalue weighted by atomic mass is 19.4. The third-order valence-electron chi connectivity index (χ3n) is 3.26. The Labute approximate surface area is 121 Å². The van der Waals surface area contributed by atoms with Gasteiger partial charge in [0.05, 0.1) is 11.1 Å². The highest BCUT2D eigenvalue weighted by Gasteiger charge is 2.40. The minimum Gasteiger partial charge on any atom is -0.353 e. The van der Waals surface area contributed by atoms with E-state index in [0.29, 0.717) is 12.6 Å². The zero-order valence-electron chi connectivity index (χ0n) is 11.1. The highest BCUT2D eigenvalue weighted by Crippen LogP contribution is 2.39. The van der Waals surface area contributed by atoms with Crippen LogP contribution in [-0.4, -0.2) is 42.5 Å². The first-order valence-electron chi connectivity index (χ1n) is 6.21. The number of amides is 1. The fourth-order valence-corrected chi connectivity index (χ4v) is 2.11. The van der Waals surface area contributed by atoms with Gasteiger partial charge in [0.25, 0.3) is 0 Å². The van der Waals surface area contributed by atoms with Gasteiger partial charge in [0.1, 0.15) is 5.82 Å². The summed E-state index contributed by atoms with van der Waals surface area (Å²) in [6.07, 6.45) is -8.90. The van der Waals surface area contributed by atoms with Crippen molar-refractivity contribution >= 4 is 12.2 Å². The Morgan fingerprint density at radius 3 is 2.05 bits per heavy atom. The largest absolute Gasteiger partial charge is 0.419 e. The summed E-state index contributed by atoms with van der Waals surface area (Å²) < 4.78 is 76.7. The quantitative estimate of drug-likeness (QED) is 0.618. The molecule has 4 nitrogen and oxygen atoms in total. The van der Waals surface area contributed by atoms with Crippen LogP contribution in [-0.2, 0) is 17.1 Å². The number of piperazine rings is 1. The van der Waals surface area contributed by atoms with Crippen molar-refractivity contribution in [1.29, 1.82) is 0 Å². The summed E-state index contributed by atoms with van der Waals surface area (Å²) in [6.45, 7) is 0.507. The van der Waals surface area contributed by atoms with E-state index in [0.717, 1.165) is 0 Å². The number of carbonyl (C=O) groups excluding carboxylic acids is 1. The predicted octanol–water partition coefficient (Wildman–Crippen LogP) is 2.40. The number of hydrogen-bond donors (Lipinski definition) is 0. The summed E-state index contributed by atoms with van der Waals surface area (Å²) in [7, 11) is 0. The maximum absolute atomic E-state index is 13.0. The second kappa shape index (κ2) is 5.65. The van der Waals surface area contributed by atoms with Crippen LogP contribution in [0.15, 0.2) is 12.3 Å². The second-order valence-electron chi connectivity index (χ2n) is 4.72. The van der Waals surface area contributed by atoms with E-state index < -0.39 is 29.3 Å². The zero-order chi connectivity index (χ0) is 16.5. The molecule has 122 valence electrons. The van der Waals surface area contributed by atoms with Gasteiger partial charge < -0.3 is 9.80 Å². The molecule has 1 amide bonds. The van der Waals surface area contributed by atoms with Crippen molar-refractivity contribution < 1.29 is 31.1 Å². The van der Waals surface area contributed by atoms with Crippen molar-refractivity contribution in [2.24, 2.45) is 0 Å². The molecule has 0 saturated carbocycles. The first-order chi connectivity index (χ1) is 10.1. The van der Waals surface area contributed by atoms with Crippen LogP contribution in [0.3, 0.4) is 0 Å². The zero-order valence-corrected chi connectivity index (χ0v) is 11.1. The standard InChI is InChI=1S/C12H11F6N3O/c13-11(14,15)8-5-9(12(16,17)18)10(19-6-8)21-3-1-20(7-22)2-4-21/h5-7H,1-4H2. The third-order valence-corrected chi connectivity index (χ3v) is 3.26. The molecule has 1 aliphatic rings. The maximum atomic E-state index is 13.0. The molecule has 10 heteroatoms. The van der Waals surface area contributed by atoms with Gasteiger partial charge in [-0.1, -0.05) is 0 Å². The number of halogens is 6. The Kier molecular flexibility index (Phi) is 4.21. The summed E-state index contributed by atoms with van der Waals surface area (Å²) in [5.74, 6) is -0.550. The Morgan fingerprint density at radius 2 is 1.59 bits per heavy atom. The van der Waals surface area contributed by atoms with Crippen molar-refractivity contribution in [2.75, 3.05) is 31.1 Å². The average molecular weight is 327 g/mol. The van der Waals surface area contributed by atoms with Gasteiger partial charge in [0, 0.05) is 32.4 Å². The molecule has 0 aromatic carbocycles. The van der Waals surface area contributed by atoms with Crippen molar-refractivity contribution in [3.8, 4) is 0 Å². The minimum atomic E-state index is -4.95. The van der Waals surface area contributed by atoms with Gasteiger partial charge in [-0.25, -0.2) is 4.98 Å². The maximum Gasteiger partial charge on any atom is 0.419 e. The van der Waals surface area contributed by atoms with E-state index in [2.05, 4.69) is 4.98 Å². The average Bonchev–Trinajstić information content (AvgIpc) is 2.45. The fraction of sp³-hybridized carbons (Fsp3) is 0.500. The van der Waals surface area contributed by atoms with E-state index in [1.54, 1.807) is 0 Å². The van der Waals surface area contributed by atoms with Crippen molar-refractivity contribution in [1.82, 2.24) is 9.88 Å². The van der Waals surface area contributed by atoms with Gasteiger partial charge in [-0.3, -0.25) is 4.79 Å². The minimum absolute atomic E-state index is 0.0639. The van der Waals surface area contributed by atoms with E-state index in [1.807, 2.05) is 0 Å². The number of pyridine rings is 1. The third kappa shape index (κ3) is 3.42. The monoisotopic (exact) mass is 327 g/mol. The Balaban J connectivity index is 2.37. The molecule has 0 unspecified atom stereocenters. The molecule has 22 heavy (non-hydrogen) atoms. The normalized spacial score (nSPS) is 16.8. The summed E-state index contributed by atoms with van der Waals surface area (Å²) in [6, 6.07) is 0.0639. The Morgan fingerprint density at radius 1 is 1.00 bits per heavy atom. The predicted molar refractivity (Wildman–Crippen MR) is 64.1 cm³/mol. The topological polar surface area (TPSA) is 36.4 Å². The lowest BCUT2D eigenvalue weighted by Gasteiger charge is -2.34. The Bertz CT molecular complexity index is 549. The van der Waals surface area contributed by atoms with Crippen molar-refractivity contribution in [3.63, 3.8) is 0 Å². The molecule has 1 saturated heterocycles. The summed E-state index contributed by atoms with van der Waals surface area (Å²) in [5.41, 5.74) is -2.88. The van der Waals surface area contributed by atoms with Gasteiger partial charge in [-0.2, -0.15) is 26.3 Å². The molecule has 0 atom stereocenters. The molecule has 0 radical (unpaired) electrons. The van der Waals surface area contributed by atoms with E-state index in [4.69, 9.17) is 0 Å². The lowest BCUT2D eigenvalue weighted by molar-refractivity contribution is -0.143. The van der Waals surface area contributed by atoms with E-state index >= 15 is 0 Å². The van der Waals surface area contributed by atoms with Gasteiger partial charge >= 0.3 is 12.4 Å². The lowest BCUT2D eigenvalue weighted by atomic mass is 10.1. The first-order valence-corrected chi connectivity index (χ1v) is 6.21. The van der Waals surface area contributed by atoms with Gasteiger partial charge in [0.2, 0.25) is 6.41 Å². The van der Waals surface area contributed by atoms with Crippen LogP contribution in [0.4, 0.5) is 32.2 Å². The van der Waals surface area contributed by atoms with Crippen LogP contribution >= 0.6 is 0 Å². The molecular formula is C12H11F6N3O. The fourth-order valence-electron chi connectivity index (χ4n) is 2.11. The number of nitrogens with zero attached hydrogens (tertiary/aromatic N) is 3. The van der Waals surface area contributed by atoms with Crippen LogP contribution in [0.2, 0.25) is 0 Å². The number of alkyl halides is 6. The molecule has 0 bridgehead atoms. The van der Waals surface area contributed by atoms with Crippen LogP contribution in [0.5, 0.6) is 0 Å². The molecule has 2 rings (SSSR count).